The number of nitrogens with zero attached hydrogens (tertiary/aromatic N) is 6. The van der Waals surface area contributed by atoms with Gasteiger partial charge >= 0.3 is 0 Å². The van der Waals surface area contributed by atoms with Crippen molar-refractivity contribution in [2.75, 3.05) is 6.54 Å². The summed E-state index contributed by atoms with van der Waals surface area (Å²) in [5.41, 5.74) is 1.37. The molecule has 1 aliphatic heterocycles. The van der Waals surface area contributed by atoms with Gasteiger partial charge in [0.2, 0.25) is 11.8 Å². The van der Waals surface area contributed by atoms with Crippen molar-refractivity contribution in [2.24, 2.45) is 5.41 Å². The van der Waals surface area contributed by atoms with Crippen molar-refractivity contribution in [3.63, 3.8) is 0 Å². The Labute approximate surface area is 187 Å². The molecule has 10 nitrogen and oxygen atoms in total. The molecule has 2 aliphatic rings. The van der Waals surface area contributed by atoms with Crippen LogP contribution < -0.4 is 5.32 Å². The highest BCUT2D eigenvalue weighted by Gasteiger charge is 2.45. The Morgan fingerprint density at radius 3 is 2.56 bits per heavy atom. The maximum atomic E-state index is 13.7. The zero-order valence-corrected chi connectivity index (χ0v) is 19.0. The van der Waals surface area contributed by atoms with E-state index in [0.717, 1.165) is 24.1 Å². The van der Waals surface area contributed by atoms with Gasteiger partial charge in [-0.05, 0) is 30.7 Å². The molecule has 3 atom stereocenters. The minimum atomic E-state index is -0.765. The van der Waals surface area contributed by atoms with Crippen molar-refractivity contribution >= 4 is 11.8 Å². The summed E-state index contributed by atoms with van der Waals surface area (Å²) >= 11 is 0. The molecule has 4 rings (SSSR count). The van der Waals surface area contributed by atoms with Gasteiger partial charge < -0.3 is 15.3 Å². The van der Waals surface area contributed by atoms with Crippen LogP contribution in [0.4, 0.5) is 0 Å². The summed E-state index contributed by atoms with van der Waals surface area (Å²) in [6, 6.07) is -1.40. The minimum absolute atomic E-state index is 0.106. The molecule has 2 fully saturated rings. The molecule has 0 spiro atoms. The van der Waals surface area contributed by atoms with Crippen LogP contribution in [0.1, 0.15) is 69.1 Å². The lowest BCUT2D eigenvalue weighted by Gasteiger charge is -2.34. The summed E-state index contributed by atoms with van der Waals surface area (Å²) in [4.78, 5) is 36.5. The second kappa shape index (κ2) is 8.57. The fraction of sp³-hybridized carbons (Fsp3) is 0.636. The molecule has 0 aromatic carbocycles. The van der Waals surface area contributed by atoms with E-state index in [-0.39, 0.29) is 31.3 Å². The molecular weight excluding hydrogens is 410 g/mol. The van der Waals surface area contributed by atoms with E-state index in [2.05, 4.69) is 25.6 Å². The molecule has 10 heteroatoms. The summed E-state index contributed by atoms with van der Waals surface area (Å²) in [6.07, 6.45) is 6.84. The zero-order valence-electron chi connectivity index (χ0n) is 19.0. The van der Waals surface area contributed by atoms with E-state index < -0.39 is 23.6 Å². The van der Waals surface area contributed by atoms with Crippen molar-refractivity contribution in [2.45, 2.75) is 77.6 Å². The molecule has 172 valence electrons. The van der Waals surface area contributed by atoms with Crippen LogP contribution in [0.2, 0.25) is 0 Å². The number of aliphatic hydroxyl groups excluding tert-OH is 1. The Morgan fingerprint density at radius 1 is 1.25 bits per heavy atom. The van der Waals surface area contributed by atoms with E-state index in [1.54, 1.807) is 17.1 Å². The third kappa shape index (κ3) is 4.79. The number of carbonyl (C=O) groups excluding carboxylic acids is 2. The summed E-state index contributed by atoms with van der Waals surface area (Å²) in [7, 11) is 0. The topological polar surface area (TPSA) is 126 Å². The monoisotopic (exact) mass is 441 g/mol. The molecule has 32 heavy (non-hydrogen) atoms. The van der Waals surface area contributed by atoms with E-state index in [0.29, 0.717) is 11.7 Å². The van der Waals surface area contributed by atoms with Crippen molar-refractivity contribution in [1.82, 2.24) is 35.2 Å². The fourth-order valence-electron chi connectivity index (χ4n) is 4.12. The molecule has 1 saturated heterocycles. The molecular formula is C22H31N7O3. The number of β-amino-alcohol motifs (C(OH)–C–C–N with tert-alkyl or cyclic N) is 1. The van der Waals surface area contributed by atoms with Gasteiger partial charge in [-0.25, -0.2) is 14.6 Å². The van der Waals surface area contributed by atoms with Gasteiger partial charge in [0.1, 0.15) is 17.9 Å². The smallest absolute Gasteiger partial charge is 0.248 e. The van der Waals surface area contributed by atoms with E-state index in [1.165, 1.54) is 4.90 Å². The molecule has 1 saturated carbocycles. The highest BCUT2D eigenvalue weighted by atomic mass is 16.3. The molecule has 2 amide bonds. The molecule has 1 aliphatic carbocycles. The summed E-state index contributed by atoms with van der Waals surface area (Å²) in [6.45, 7) is 8.04. The van der Waals surface area contributed by atoms with E-state index >= 15 is 0 Å². The lowest BCUT2D eigenvalue weighted by Crippen LogP contribution is -2.50. The Bertz CT molecular complexity index is 978. The maximum absolute atomic E-state index is 13.7. The number of aliphatic hydroxyl groups is 1. The first kappa shape index (κ1) is 22.3. The van der Waals surface area contributed by atoms with Gasteiger partial charge in [-0.2, -0.15) is 0 Å². The Kier molecular flexibility index (Phi) is 5.98. The van der Waals surface area contributed by atoms with Crippen LogP contribution in [-0.2, 0) is 16.1 Å². The van der Waals surface area contributed by atoms with Gasteiger partial charge in [-0.3, -0.25) is 9.59 Å². The first-order valence-electron chi connectivity index (χ1n) is 11.1. The average Bonchev–Trinajstić information content (AvgIpc) is 3.34. The molecule has 3 heterocycles. The Balaban J connectivity index is 1.50. The van der Waals surface area contributed by atoms with Gasteiger partial charge in [-0.15, -0.1) is 5.10 Å². The van der Waals surface area contributed by atoms with Gasteiger partial charge in [0.05, 0.1) is 18.3 Å². The largest absolute Gasteiger partial charge is 0.391 e. The molecule has 0 radical (unpaired) electrons. The standard InChI is InChI=1S/C22H31N7O3/c1-13-8-23-18(24-9-13)10-25-20(31)17-7-15(30)11-28(17)21(32)19(22(2,3)4)29-12-16(26-27-29)14-5-6-14/h8-9,12,14-15,17,19,30H,5-7,10-11H2,1-4H3,(H,25,31)/t15-,17+,19-/m1/s1. The van der Waals surface area contributed by atoms with Crippen LogP contribution in [0.15, 0.2) is 18.6 Å². The average molecular weight is 442 g/mol. The summed E-state index contributed by atoms with van der Waals surface area (Å²) < 4.78 is 1.62. The molecule has 0 unspecified atom stereocenters. The number of hydrogen-bond acceptors (Lipinski definition) is 7. The van der Waals surface area contributed by atoms with E-state index in [1.807, 2.05) is 33.9 Å². The number of aryl methyl sites for hydroxylation is 1. The van der Waals surface area contributed by atoms with Crippen LogP contribution in [0.5, 0.6) is 0 Å². The van der Waals surface area contributed by atoms with Crippen molar-refractivity contribution in [3.05, 3.63) is 35.7 Å². The van der Waals surface area contributed by atoms with Crippen LogP contribution in [-0.4, -0.2) is 65.5 Å². The third-order valence-corrected chi connectivity index (χ3v) is 5.96. The first-order valence-corrected chi connectivity index (χ1v) is 11.1. The summed E-state index contributed by atoms with van der Waals surface area (Å²) in [5.74, 6) is 0.343. The van der Waals surface area contributed by atoms with E-state index in [9.17, 15) is 14.7 Å². The number of carbonyl (C=O) groups is 2. The normalized spacial score (nSPS) is 22.1. The third-order valence-electron chi connectivity index (χ3n) is 5.96. The van der Waals surface area contributed by atoms with Gasteiger partial charge in [0, 0.05) is 37.5 Å². The van der Waals surface area contributed by atoms with Crippen LogP contribution in [0.25, 0.3) is 0 Å². The van der Waals surface area contributed by atoms with Crippen LogP contribution in [0, 0.1) is 12.3 Å². The zero-order chi connectivity index (χ0) is 23.0. The maximum Gasteiger partial charge on any atom is 0.248 e. The number of amides is 2. The number of likely N-dealkylation sites (tertiary alicyclic amines) is 1. The van der Waals surface area contributed by atoms with Gasteiger partial charge in [0.25, 0.3) is 0 Å². The van der Waals surface area contributed by atoms with Gasteiger partial charge in [-0.1, -0.05) is 26.0 Å². The lowest BCUT2D eigenvalue weighted by atomic mass is 9.85. The predicted molar refractivity (Wildman–Crippen MR) is 115 cm³/mol. The highest BCUT2D eigenvalue weighted by Crippen LogP contribution is 2.40. The molecule has 0 bridgehead atoms. The second-order valence-corrected chi connectivity index (χ2v) is 9.96. The number of aromatic nitrogens is 5. The van der Waals surface area contributed by atoms with E-state index in [4.69, 9.17) is 0 Å². The predicted octanol–water partition coefficient (Wildman–Crippen LogP) is 1.12. The second-order valence-electron chi connectivity index (χ2n) is 9.96. The van der Waals surface area contributed by atoms with Crippen LogP contribution in [0.3, 0.4) is 0 Å². The number of rotatable bonds is 6. The quantitative estimate of drug-likeness (QED) is 0.688. The van der Waals surface area contributed by atoms with Crippen LogP contribution >= 0.6 is 0 Å². The minimum Gasteiger partial charge on any atom is -0.391 e. The number of hydrogen-bond donors (Lipinski definition) is 2. The molecule has 2 N–H and O–H groups in total. The Morgan fingerprint density at radius 2 is 1.94 bits per heavy atom. The fourth-order valence-corrected chi connectivity index (χ4v) is 4.12. The van der Waals surface area contributed by atoms with Crippen molar-refractivity contribution < 1.29 is 14.7 Å². The Hall–Kier alpha value is -2.88. The number of nitrogens with one attached hydrogen (secondary N) is 1. The molecule has 2 aromatic rings. The lowest BCUT2D eigenvalue weighted by molar-refractivity contribution is -0.144. The van der Waals surface area contributed by atoms with Crippen molar-refractivity contribution in [3.8, 4) is 0 Å². The highest BCUT2D eigenvalue weighted by molar-refractivity contribution is 5.90. The molecule has 2 aromatic heterocycles. The SMILES string of the molecule is Cc1cnc(CNC(=O)[C@@H]2C[C@@H](O)CN2C(=O)[C@@H](n2cc(C3CC3)nn2)C(C)(C)C)nc1. The summed E-state index contributed by atoms with van der Waals surface area (Å²) in [5, 5.41) is 21.6. The van der Waals surface area contributed by atoms with Crippen molar-refractivity contribution in [1.29, 1.82) is 0 Å². The van der Waals surface area contributed by atoms with Gasteiger partial charge in [0.15, 0.2) is 0 Å². The first-order chi connectivity index (χ1) is 15.1.